The van der Waals surface area contributed by atoms with E-state index >= 15 is 0 Å². The minimum atomic E-state index is -1.98. The number of thiophene rings is 1. The Labute approximate surface area is 245 Å². The predicted octanol–water partition coefficient (Wildman–Crippen LogP) is 8.64. The minimum absolute atomic E-state index is 0.0573. The first-order valence-electron chi connectivity index (χ1n) is 14.4. The van der Waals surface area contributed by atoms with Gasteiger partial charge in [0.2, 0.25) is 10.9 Å². The molecule has 0 spiro atoms. The zero-order valence-corrected chi connectivity index (χ0v) is 29.8. The van der Waals surface area contributed by atoms with Gasteiger partial charge in [0.05, 0.1) is 38.8 Å². The van der Waals surface area contributed by atoms with Crippen LogP contribution >= 0.6 is 34.0 Å². The highest BCUT2D eigenvalue weighted by molar-refractivity contribution is 7.39. The van der Waals surface area contributed by atoms with Crippen molar-refractivity contribution in [3.8, 4) is 0 Å². The third-order valence-corrected chi connectivity index (χ3v) is 29.1. The van der Waals surface area contributed by atoms with Gasteiger partial charge in [-0.2, -0.15) is 0 Å². The third-order valence-electron chi connectivity index (χ3n) is 9.93. The maximum Gasteiger partial charge on any atom is 0.215 e. The van der Waals surface area contributed by atoms with Crippen molar-refractivity contribution in [3.63, 3.8) is 0 Å². The molecule has 9 heteroatoms. The van der Waals surface area contributed by atoms with Crippen LogP contribution in [0.15, 0.2) is 9.59 Å². The molecular weight excluding hydrogens is 573 g/mol. The van der Waals surface area contributed by atoms with Crippen LogP contribution < -0.4 is 20.1 Å². The maximum absolute atomic E-state index is 13.9. The molecule has 0 bridgehead atoms. The number of fused-ring (bicyclic) bond motifs is 7. The Morgan fingerprint density at radius 1 is 0.462 bits per heavy atom. The fourth-order valence-electron chi connectivity index (χ4n) is 8.53. The number of nitrogens with zero attached hydrogens (tertiary/aromatic N) is 2. The lowest BCUT2D eigenvalue weighted by Crippen LogP contribution is -2.55. The molecule has 3 aromatic heterocycles. The van der Waals surface area contributed by atoms with E-state index in [2.05, 4.69) is 83.1 Å². The third kappa shape index (κ3) is 3.61. The molecule has 0 aliphatic carbocycles. The van der Waals surface area contributed by atoms with Crippen LogP contribution in [-0.4, -0.2) is 26.1 Å². The molecule has 2 aromatic carbocycles. The Morgan fingerprint density at radius 2 is 0.744 bits per heavy atom. The average molecular weight is 615 g/mol. The van der Waals surface area contributed by atoms with E-state index in [4.69, 9.17) is 9.97 Å². The molecule has 0 radical (unpaired) electrons. The molecule has 210 valence electrons. The highest BCUT2D eigenvalue weighted by Gasteiger charge is 2.49. The van der Waals surface area contributed by atoms with E-state index < -0.39 is 16.1 Å². The summed E-state index contributed by atoms with van der Waals surface area (Å²) in [5.41, 5.74) is 4.21. The first-order chi connectivity index (χ1) is 18.1. The Hall–Kier alpha value is -1.27. The zero-order valence-electron chi connectivity index (χ0n) is 25.4. The summed E-state index contributed by atoms with van der Waals surface area (Å²) in [5.74, 6) is 0. The van der Waals surface area contributed by atoms with Crippen molar-refractivity contribution in [3.05, 3.63) is 20.4 Å². The van der Waals surface area contributed by atoms with Crippen LogP contribution in [0.2, 0.25) is 33.2 Å². The van der Waals surface area contributed by atoms with Gasteiger partial charge in [0.25, 0.3) is 0 Å². The van der Waals surface area contributed by atoms with E-state index in [1.165, 1.54) is 9.26 Å². The molecule has 4 nitrogen and oxygen atoms in total. The second-order valence-corrected chi connectivity index (χ2v) is 28.7. The molecule has 39 heavy (non-hydrogen) atoms. The van der Waals surface area contributed by atoms with Gasteiger partial charge in [-0.15, -0.1) is 34.0 Å². The van der Waals surface area contributed by atoms with E-state index in [1.807, 2.05) is 0 Å². The van der Waals surface area contributed by atoms with Crippen molar-refractivity contribution in [2.45, 2.75) is 116 Å². The van der Waals surface area contributed by atoms with Crippen LogP contribution in [0.3, 0.4) is 0 Å². The van der Waals surface area contributed by atoms with E-state index in [-0.39, 0.29) is 10.9 Å². The molecule has 0 saturated carbocycles. The highest BCUT2D eigenvalue weighted by atomic mass is 32.1. The quantitative estimate of drug-likeness (QED) is 0.164. The summed E-state index contributed by atoms with van der Waals surface area (Å²) < 4.78 is 6.34. The van der Waals surface area contributed by atoms with Gasteiger partial charge in [0, 0.05) is 0 Å². The van der Waals surface area contributed by atoms with Gasteiger partial charge < -0.3 is 0 Å². The largest absolute Gasteiger partial charge is 0.287 e. The van der Waals surface area contributed by atoms with Crippen LogP contribution in [0.25, 0.3) is 40.6 Å². The topological polar surface area (TPSA) is 59.9 Å². The molecule has 0 N–H and O–H groups in total. The lowest BCUT2D eigenvalue weighted by atomic mass is 10.3. The number of hydrogen-bond acceptors (Lipinski definition) is 7. The van der Waals surface area contributed by atoms with Gasteiger partial charge in [-0.25, -0.2) is 9.97 Å². The van der Waals surface area contributed by atoms with Crippen molar-refractivity contribution >= 4 is 100 Å². The predicted molar refractivity (Wildman–Crippen MR) is 182 cm³/mol. The van der Waals surface area contributed by atoms with Crippen molar-refractivity contribution in [2.24, 2.45) is 0 Å². The molecule has 0 aliphatic rings. The zero-order chi connectivity index (χ0) is 28.9. The molecule has 5 rings (SSSR count). The standard InChI is InChI=1S/C30H42N2O2S3Si2/c1-13(2)38(14(3)4,15(5)6)29-31-21-23(33)19-20-24(34)22-28(26(20)35-25(19)27(21)36-29)37-30(32-22)39(16(7)8,17(9)10)18(11)12/h13-18H,1-12H3. The normalized spacial score (nSPS) is 14.2. The van der Waals surface area contributed by atoms with Gasteiger partial charge in [-0.3, -0.25) is 9.59 Å². The Bertz CT molecular complexity index is 1620. The summed E-state index contributed by atoms with van der Waals surface area (Å²) in [6.07, 6.45) is 0. The first-order valence-corrected chi connectivity index (χ1v) is 21.4. The van der Waals surface area contributed by atoms with E-state index in [1.54, 1.807) is 34.0 Å². The summed E-state index contributed by atoms with van der Waals surface area (Å²) in [4.78, 5) is 38.0. The van der Waals surface area contributed by atoms with Crippen molar-refractivity contribution in [1.29, 1.82) is 0 Å². The first kappa shape index (κ1) is 29.2. The maximum atomic E-state index is 13.9. The van der Waals surface area contributed by atoms with Crippen molar-refractivity contribution < 1.29 is 0 Å². The molecule has 0 aliphatic heterocycles. The molecule has 0 unspecified atom stereocenters. The molecular formula is C30H42N2O2S3Si2. The fraction of sp³-hybridized carbons (Fsp3) is 0.600. The molecule has 0 saturated heterocycles. The number of rotatable bonds is 8. The van der Waals surface area contributed by atoms with Crippen molar-refractivity contribution in [1.82, 2.24) is 9.97 Å². The van der Waals surface area contributed by atoms with Gasteiger partial charge in [0.15, 0.2) is 0 Å². The summed E-state index contributed by atoms with van der Waals surface area (Å²) >= 11 is 5.12. The number of thiazole rings is 2. The van der Waals surface area contributed by atoms with Gasteiger partial charge in [-0.1, -0.05) is 83.1 Å². The molecule has 0 atom stereocenters. The summed E-state index contributed by atoms with van der Waals surface area (Å²) in [5, 5.41) is 1.19. The molecule has 0 amide bonds. The lowest BCUT2D eigenvalue weighted by molar-refractivity contribution is 0.834. The second kappa shape index (κ2) is 9.65. The number of hydrogen-bond donors (Lipinski definition) is 0. The summed E-state index contributed by atoms with van der Waals surface area (Å²) in [6.45, 7) is 28.0. The van der Waals surface area contributed by atoms with Crippen LogP contribution in [0, 0.1) is 0 Å². The molecule has 0 fully saturated rings. The Balaban J connectivity index is 1.81. The second-order valence-electron chi connectivity index (χ2n) is 13.4. The lowest BCUT2D eigenvalue weighted by Gasteiger charge is -2.41. The van der Waals surface area contributed by atoms with Gasteiger partial charge in [-0.05, 0) is 33.2 Å². The van der Waals surface area contributed by atoms with Crippen LogP contribution in [-0.2, 0) is 0 Å². The SMILES string of the molecule is CC(C)[Si](c1nc2c(=O)c3c(sc4c5sc([Si](C(C)C)(C(C)C)C(C)C)nc5c(=O)c43)c2s1)(C(C)C)C(C)C. The van der Waals surface area contributed by atoms with Crippen molar-refractivity contribution in [2.75, 3.05) is 0 Å². The van der Waals surface area contributed by atoms with Crippen LogP contribution in [0.1, 0.15) is 83.1 Å². The van der Waals surface area contributed by atoms with Gasteiger partial charge in [0.1, 0.15) is 27.2 Å². The van der Waals surface area contributed by atoms with Crippen LogP contribution in [0.4, 0.5) is 0 Å². The highest BCUT2D eigenvalue weighted by Crippen LogP contribution is 2.47. The van der Waals surface area contributed by atoms with Crippen LogP contribution in [0.5, 0.6) is 0 Å². The summed E-state index contributed by atoms with van der Waals surface area (Å²) in [7, 11) is -3.96. The number of aromatic nitrogens is 2. The monoisotopic (exact) mass is 614 g/mol. The minimum Gasteiger partial charge on any atom is -0.287 e. The molecule has 5 aromatic rings. The Morgan fingerprint density at radius 3 is 1.00 bits per heavy atom. The average Bonchev–Trinajstić information content (AvgIpc) is 3.57. The smallest absolute Gasteiger partial charge is 0.215 e. The van der Waals surface area contributed by atoms with E-state index in [0.29, 0.717) is 55.1 Å². The Kier molecular flexibility index (Phi) is 7.23. The molecule has 3 heterocycles. The summed E-state index contributed by atoms with van der Waals surface area (Å²) in [6, 6.07) is 0. The van der Waals surface area contributed by atoms with Gasteiger partial charge >= 0.3 is 0 Å². The fourth-order valence-corrected chi connectivity index (χ4v) is 29.6. The van der Waals surface area contributed by atoms with E-state index in [0.717, 1.165) is 18.8 Å². The van der Waals surface area contributed by atoms with E-state index in [9.17, 15) is 9.59 Å².